The molecular formula is C12H13FN4O2S. The van der Waals surface area contributed by atoms with Crippen LogP contribution in [0.3, 0.4) is 0 Å². The van der Waals surface area contributed by atoms with E-state index in [1.54, 1.807) is 0 Å². The van der Waals surface area contributed by atoms with Gasteiger partial charge in [0.25, 0.3) is 5.91 Å². The number of halogens is 1. The Labute approximate surface area is 119 Å². The molecule has 0 radical (unpaired) electrons. The van der Waals surface area contributed by atoms with Gasteiger partial charge in [-0.15, -0.1) is 10.2 Å². The van der Waals surface area contributed by atoms with Gasteiger partial charge < -0.3 is 15.4 Å². The summed E-state index contributed by atoms with van der Waals surface area (Å²) in [4.78, 5) is 12.0. The maximum absolute atomic E-state index is 13.3. The summed E-state index contributed by atoms with van der Waals surface area (Å²) >= 11 is 1.15. The fourth-order valence-electron chi connectivity index (χ4n) is 1.46. The van der Waals surface area contributed by atoms with Gasteiger partial charge in [-0.2, -0.15) is 0 Å². The van der Waals surface area contributed by atoms with Gasteiger partial charge >= 0.3 is 0 Å². The molecule has 2 rings (SSSR count). The first kappa shape index (κ1) is 14.2. The van der Waals surface area contributed by atoms with Gasteiger partial charge in [-0.25, -0.2) is 4.39 Å². The van der Waals surface area contributed by atoms with Gasteiger partial charge in [-0.1, -0.05) is 11.3 Å². The largest absolute Gasteiger partial charge is 0.494 e. The van der Waals surface area contributed by atoms with E-state index >= 15 is 0 Å². The fraction of sp³-hybridized carbons (Fsp3) is 0.250. The molecule has 0 atom stereocenters. The number of carbonyl (C=O) groups excluding carboxylic acids is 1. The highest BCUT2D eigenvalue weighted by Gasteiger charge is 2.13. The second-order valence-corrected chi connectivity index (χ2v) is 4.72. The van der Waals surface area contributed by atoms with E-state index < -0.39 is 11.7 Å². The lowest BCUT2D eigenvalue weighted by Gasteiger charge is -2.06. The Morgan fingerprint density at radius 2 is 2.25 bits per heavy atom. The van der Waals surface area contributed by atoms with Crippen LogP contribution in [0.25, 0.3) is 0 Å². The highest BCUT2D eigenvalue weighted by atomic mass is 32.1. The Morgan fingerprint density at radius 1 is 1.45 bits per heavy atom. The summed E-state index contributed by atoms with van der Waals surface area (Å²) in [6.07, 6.45) is 0. The van der Waals surface area contributed by atoms with Crippen LogP contribution >= 0.6 is 11.3 Å². The smallest absolute Gasteiger partial charge is 0.286 e. The summed E-state index contributed by atoms with van der Waals surface area (Å²) in [6, 6.07) is 4.07. The van der Waals surface area contributed by atoms with Crippen molar-refractivity contribution < 1.29 is 13.9 Å². The Kier molecular flexibility index (Phi) is 4.46. The first-order valence-corrected chi connectivity index (χ1v) is 6.68. The first-order chi connectivity index (χ1) is 9.63. The van der Waals surface area contributed by atoms with Gasteiger partial charge in [-0.05, 0) is 19.1 Å². The van der Waals surface area contributed by atoms with E-state index in [1.165, 1.54) is 25.3 Å². The number of hydrogen-bond acceptors (Lipinski definition) is 6. The first-order valence-electron chi connectivity index (χ1n) is 5.86. The zero-order chi connectivity index (χ0) is 14.5. The van der Waals surface area contributed by atoms with Gasteiger partial charge in [0.05, 0.1) is 7.11 Å². The van der Waals surface area contributed by atoms with E-state index in [2.05, 4.69) is 20.8 Å². The molecule has 1 aromatic carbocycles. The summed E-state index contributed by atoms with van der Waals surface area (Å²) < 4.78 is 18.1. The lowest BCUT2D eigenvalue weighted by molar-refractivity contribution is 0.102. The van der Waals surface area contributed by atoms with Crippen molar-refractivity contribution in [3.05, 3.63) is 29.0 Å². The number of methoxy groups -OCH3 is 1. The number of anilines is 2. The van der Waals surface area contributed by atoms with Crippen molar-refractivity contribution in [1.82, 2.24) is 10.2 Å². The molecule has 6 nitrogen and oxygen atoms in total. The standard InChI is InChI=1S/C12H13FN4O2S/c1-3-14-12-17-16-11(20-12)10(18)15-7-4-5-8(13)9(6-7)19-2/h4-6H,3H2,1-2H3,(H,14,17)(H,15,18). The summed E-state index contributed by atoms with van der Waals surface area (Å²) in [6.45, 7) is 2.62. The average molecular weight is 296 g/mol. The fourth-order valence-corrected chi connectivity index (χ4v) is 2.17. The highest BCUT2D eigenvalue weighted by molar-refractivity contribution is 7.17. The lowest BCUT2D eigenvalue weighted by atomic mass is 10.3. The molecule has 0 bridgehead atoms. The van der Waals surface area contributed by atoms with E-state index in [1.807, 2.05) is 6.92 Å². The van der Waals surface area contributed by atoms with E-state index in [9.17, 15) is 9.18 Å². The number of nitrogens with zero attached hydrogens (tertiary/aromatic N) is 2. The van der Waals surface area contributed by atoms with Crippen LogP contribution in [0.5, 0.6) is 5.75 Å². The van der Waals surface area contributed by atoms with Crippen molar-refractivity contribution in [2.75, 3.05) is 24.3 Å². The molecule has 106 valence electrons. The number of carbonyl (C=O) groups is 1. The van der Waals surface area contributed by atoms with Gasteiger partial charge in [-0.3, -0.25) is 4.79 Å². The quantitative estimate of drug-likeness (QED) is 0.886. The molecular weight excluding hydrogens is 283 g/mol. The summed E-state index contributed by atoms with van der Waals surface area (Å²) in [7, 11) is 1.36. The third-order valence-corrected chi connectivity index (χ3v) is 3.24. The maximum Gasteiger partial charge on any atom is 0.286 e. The molecule has 0 aliphatic carbocycles. The number of aromatic nitrogens is 2. The third kappa shape index (κ3) is 3.21. The van der Waals surface area contributed by atoms with Crippen LogP contribution < -0.4 is 15.4 Å². The monoisotopic (exact) mass is 296 g/mol. The van der Waals surface area contributed by atoms with Gasteiger partial charge in [0, 0.05) is 18.3 Å². The molecule has 0 fully saturated rings. The van der Waals surface area contributed by atoms with Crippen molar-refractivity contribution in [2.45, 2.75) is 6.92 Å². The minimum Gasteiger partial charge on any atom is -0.494 e. The maximum atomic E-state index is 13.3. The normalized spacial score (nSPS) is 10.2. The molecule has 0 unspecified atom stereocenters. The average Bonchev–Trinajstić information content (AvgIpc) is 2.90. The molecule has 0 aliphatic rings. The Hall–Kier alpha value is -2.22. The third-order valence-electron chi connectivity index (χ3n) is 2.36. The van der Waals surface area contributed by atoms with Crippen molar-refractivity contribution >= 4 is 28.1 Å². The molecule has 0 aliphatic heterocycles. The lowest BCUT2D eigenvalue weighted by Crippen LogP contribution is -2.11. The number of nitrogens with one attached hydrogen (secondary N) is 2. The van der Waals surface area contributed by atoms with Crippen LogP contribution in [0.4, 0.5) is 15.2 Å². The van der Waals surface area contributed by atoms with E-state index in [-0.39, 0.29) is 10.8 Å². The zero-order valence-electron chi connectivity index (χ0n) is 10.9. The van der Waals surface area contributed by atoms with Crippen molar-refractivity contribution in [3.8, 4) is 5.75 Å². The molecule has 0 saturated heterocycles. The number of hydrogen-bond donors (Lipinski definition) is 2. The minimum absolute atomic E-state index is 0.0633. The Bertz CT molecular complexity index is 617. The van der Waals surface area contributed by atoms with E-state index in [0.29, 0.717) is 17.4 Å². The SMILES string of the molecule is CCNc1nnc(C(=O)Nc2ccc(F)c(OC)c2)s1. The van der Waals surface area contributed by atoms with Crippen LogP contribution in [-0.4, -0.2) is 29.8 Å². The van der Waals surface area contributed by atoms with Crippen molar-refractivity contribution in [3.63, 3.8) is 0 Å². The van der Waals surface area contributed by atoms with Crippen molar-refractivity contribution in [1.29, 1.82) is 0 Å². The molecule has 1 aromatic heterocycles. The van der Waals surface area contributed by atoms with Crippen LogP contribution in [0.15, 0.2) is 18.2 Å². The molecule has 2 aromatic rings. The minimum atomic E-state index is -0.490. The number of amides is 1. The van der Waals surface area contributed by atoms with Gasteiger partial charge in [0.2, 0.25) is 10.1 Å². The summed E-state index contributed by atoms with van der Waals surface area (Å²) in [5.74, 6) is -0.829. The predicted molar refractivity (Wildman–Crippen MR) is 75.0 cm³/mol. The Morgan fingerprint density at radius 3 is 2.95 bits per heavy atom. The highest BCUT2D eigenvalue weighted by Crippen LogP contribution is 2.22. The van der Waals surface area contributed by atoms with Crippen LogP contribution in [0.1, 0.15) is 16.7 Å². The number of benzene rings is 1. The molecule has 2 N–H and O–H groups in total. The van der Waals surface area contributed by atoms with Gasteiger partial charge in [0.15, 0.2) is 11.6 Å². The topological polar surface area (TPSA) is 76.1 Å². The molecule has 1 amide bonds. The molecule has 0 spiro atoms. The molecule has 8 heteroatoms. The van der Waals surface area contributed by atoms with Crippen LogP contribution in [0, 0.1) is 5.82 Å². The second-order valence-electron chi connectivity index (χ2n) is 3.75. The van der Waals surface area contributed by atoms with Gasteiger partial charge in [0.1, 0.15) is 0 Å². The van der Waals surface area contributed by atoms with Crippen LogP contribution in [-0.2, 0) is 0 Å². The Balaban J connectivity index is 2.10. The zero-order valence-corrected chi connectivity index (χ0v) is 11.8. The summed E-state index contributed by atoms with van der Waals surface area (Å²) in [5.41, 5.74) is 0.424. The molecule has 0 saturated carbocycles. The predicted octanol–water partition coefficient (Wildman–Crippen LogP) is 2.37. The number of ether oxygens (including phenoxy) is 1. The van der Waals surface area contributed by atoms with E-state index in [4.69, 9.17) is 4.74 Å². The van der Waals surface area contributed by atoms with E-state index in [0.717, 1.165) is 11.3 Å². The number of rotatable bonds is 5. The molecule has 1 heterocycles. The van der Waals surface area contributed by atoms with Crippen molar-refractivity contribution in [2.24, 2.45) is 0 Å². The van der Waals surface area contributed by atoms with Crippen LogP contribution in [0.2, 0.25) is 0 Å². The second kappa shape index (κ2) is 6.29. The summed E-state index contributed by atoms with van der Waals surface area (Å²) in [5, 5.41) is 14.0. The molecule has 20 heavy (non-hydrogen) atoms.